The highest BCUT2D eigenvalue weighted by molar-refractivity contribution is 6.30. The monoisotopic (exact) mass is 338 g/mol. The zero-order valence-electron chi connectivity index (χ0n) is 14.0. The minimum absolute atomic E-state index is 0.0200. The number of halogens is 1. The lowest BCUT2D eigenvalue weighted by molar-refractivity contribution is -0.123. The molecule has 128 valence electrons. The molecule has 0 spiro atoms. The number of carbonyl (C=O) groups excluding carboxylic acids is 1. The van der Waals surface area contributed by atoms with Gasteiger partial charge in [0.25, 0.3) is 0 Å². The van der Waals surface area contributed by atoms with Crippen LogP contribution in [0.25, 0.3) is 0 Å². The van der Waals surface area contributed by atoms with Gasteiger partial charge in [-0.1, -0.05) is 23.7 Å². The maximum Gasteiger partial charge on any atom is 0.222 e. The number of nitrogens with one attached hydrogen (secondary N) is 2. The summed E-state index contributed by atoms with van der Waals surface area (Å²) in [6.07, 6.45) is 2.64. The fraction of sp³-hybridized carbons (Fsp3) is 0.611. The quantitative estimate of drug-likeness (QED) is 0.802. The molecule has 1 aliphatic heterocycles. The van der Waals surface area contributed by atoms with Crippen LogP contribution < -0.4 is 10.6 Å². The average Bonchev–Trinajstić information content (AvgIpc) is 2.51. The molecule has 23 heavy (non-hydrogen) atoms. The molecule has 1 fully saturated rings. The molecule has 1 heterocycles. The maximum absolute atomic E-state index is 11.8. The zero-order valence-corrected chi connectivity index (χ0v) is 14.7. The summed E-state index contributed by atoms with van der Waals surface area (Å²) >= 11 is 6.13. The third-order valence-electron chi connectivity index (χ3n) is 4.02. The average molecular weight is 339 g/mol. The van der Waals surface area contributed by atoms with Gasteiger partial charge in [0.1, 0.15) is 0 Å². The third kappa shape index (κ3) is 6.13. The molecule has 2 atom stereocenters. The molecule has 1 unspecified atom stereocenters. The van der Waals surface area contributed by atoms with Gasteiger partial charge in [-0.05, 0) is 50.9 Å². The normalized spacial score (nSPS) is 19.6. The van der Waals surface area contributed by atoms with Crippen LogP contribution >= 0.6 is 11.6 Å². The molecule has 1 aliphatic rings. The number of amides is 1. The van der Waals surface area contributed by atoms with Gasteiger partial charge in [0.15, 0.2) is 0 Å². The van der Waals surface area contributed by atoms with E-state index in [0.29, 0.717) is 18.9 Å². The molecule has 1 saturated heterocycles. The van der Waals surface area contributed by atoms with E-state index < -0.39 is 0 Å². The minimum atomic E-state index is -0.0200. The van der Waals surface area contributed by atoms with Crippen LogP contribution in [-0.2, 0) is 9.53 Å². The van der Waals surface area contributed by atoms with Crippen LogP contribution in [0.4, 0.5) is 0 Å². The first-order valence-electron chi connectivity index (χ1n) is 8.43. The van der Waals surface area contributed by atoms with E-state index in [1.165, 1.54) is 0 Å². The van der Waals surface area contributed by atoms with Gasteiger partial charge in [-0.2, -0.15) is 0 Å². The Kier molecular flexibility index (Phi) is 7.34. The van der Waals surface area contributed by atoms with Crippen LogP contribution in [0.1, 0.15) is 44.8 Å². The second-order valence-electron chi connectivity index (χ2n) is 6.43. The summed E-state index contributed by atoms with van der Waals surface area (Å²) in [6, 6.07) is 8.01. The number of rotatable bonds is 7. The molecule has 0 aromatic heterocycles. The Morgan fingerprint density at radius 1 is 1.48 bits per heavy atom. The number of ether oxygens (including phenoxy) is 1. The number of carbonyl (C=O) groups is 1. The lowest BCUT2D eigenvalue weighted by Gasteiger charge is -2.31. The van der Waals surface area contributed by atoms with E-state index in [4.69, 9.17) is 16.3 Å². The van der Waals surface area contributed by atoms with Crippen molar-refractivity contribution in [3.8, 4) is 0 Å². The molecule has 0 bridgehead atoms. The first-order valence-corrected chi connectivity index (χ1v) is 8.81. The van der Waals surface area contributed by atoms with Crippen LogP contribution in [-0.4, -0.2) is 31.6 Å². The Bertz CT molecular complexity index is 502. The SMILES string of the molecule is CC(C)NC(=O)CCO[C@@H](c1cccc(Cl)c1)C1CCCNC1. The summed E-state index contributed by atoms with van der Waals surface area (Å²) in [5, 5.41) is 7.05. The van der Waals surface area contributed by atoms with Crippen molar-refractivity contribution in [2.75, 3.05) is 19.7 Å². The van der Waals surface area contributed by atoms with Gasteiger partial charge in [-0.3, -0.25) is 4.79 Å². The predicted octanol–water partition coefficient (Wildman–Crippen LogP) is 3.31. The van der Waals surface area contributed by atoms with E-state index in [2.05, 4.69) is 16.7 Å². The van der Waals surface area contributed by atoms with E-state index in [1.54, 1.807) is 0 Å². The molecule has 2 N–H and O–H groups in total. The number of hydrogen-bond acceptors (Lipinski definition) is 3. The van der Waals surface area contributed by atoms with E-state index in [9.17, 15) is 4.79 Å². The topological polar surface area (TPSA) is 50.4 Å². The molecule has 5 heteroatoms. The Morgan fingerprint density at radius 2 is 2.30 bits per heavy atom. The van der Waals surface area contributed by atoms with Crippen molar-refractivity contribution in [3.05, 3.63) is 34.9 Å². The highest BCUT2D eigenvalue weighted by atomic mass is 35.5. The molecule has 1 aromatic carbocycles. The Morgan fingerprint density at radius 3 is 2.96 bits per heavy atom. The largest absolute Gasteiger partial charge is 0.373 e. The van der Waals surface area contributed by atoms with E-state index in [0.717, 1.165) is 36.5 Å². The zero-order chi connectivity index (χ0) is 16.7. The lowest BCUT2D eigenvalue weighted by atomic mass is 9.89. The summed E-state index contributed by atoms with van der Waals surface area (Å²) in [6.45, 7) is 6.35. The first kappa shape index (κ1) is 18.2. The van der Waals surface area contributed by atoms with Gasteiger partial charge >= 0.3 is 0 Å². The van der Waals surface area contributed by atoms with Gasteiger partial charge in [0.2, 0.25) is 5.91 Å². The summed E-state index contributed by atoms with van der Waals surface area (Å²) in [5.41, 5.74) is 1.09. The van der Waals surface area contributed by atoms with Gasteiger partial charge < -0.3 is 15.4 Å². The maximum atomic E-state index is 11.8. The third-order valence-corrected chi connectivity index (χ3v) is 4.25. The molecular formula is C18H27ClN2O2. The number of benzene rings is 1. The Hall–Kier alpha value is -1.10. The van der Waals surface area contributed by atoms with Crippen molar-refractivity contribution in [1.29, 1.82) is 0 Å². The minimum Gasteiger partial charge on any atom is -0.373 e. The van der Waals surface area contributed by atoms with Crippen molar-refractivity contribution in [1.82, 2.24) is 10.6 Å². The van der Waals surface area contributed by atoms with Gasteiger partial charge in [-0.15, -0.1) is 0 Å². The highest BCUT2D eigenvalue weighted by Gasteiger charge is 2.26. The van der Waals surface area contributed by atoms with Crippen molar-refractivity contribution < 1.29 is 9.53 Å². The second kappa shape index (κ2) is 9.26. The Balaban J connectivity index is 1.97. The van der Waals surface area contributed by atoms with Crippen LogP contribution in [0.2, 0.25) is 5.02 Å². The van der Waals surface area contributed by atoms with Crippen LogP contribution in [0, 0.1) is 5.92 Å². The van der Waals surface area contributed by atoms with Gasteiger partial charge in [0, 0.05) is 29.9 Å². The fourth-order valence-electron chi connectivity index (χ4n) is 3.00. The van der Waals surface area contributed by atoms with Crippen molar-refractivity contribution in [2.24, 2.45) is 5.92 Å². The lowest BCUT2D eigenvalue weighted by Crippen LogP contribution is -2.35. The van der Waals surface area contributed by atoms with Crippen molar-refractivity contribution >= 4 is 17.5 Å². The molecule has 2 rings (SSSR count). The van der Waals surface area contributed by atoms with E-state index >= 15 is 0 Å². The van der Waals surface area contributed by atoms with Gasteiger partial charge in [-0.25, -0.2) is 0 Å². The summed E-state index contributed by atoms with van der Waals surface area (Å²) < 4.78 is 6.12. The van der Waals surface area contributed by atoms with Gasteiger partial charge in [0.05, 0.1) is 12.7 Å². The Labute approximate surface area is 143 Å². The summed E-state index contributed by atoms with van der Waals surface area (Å²) in [7, 11) is 0. The first-order chi connectivity index (χ1) is 11.1. The number of hydrogen-bond donors (Lipinski definition) is 2. The number of piperidine rings is 1. The molecule has 0 radical (unpaired) electrons. The highest BCUT2D eigenvalue weighted by Crippen LogP contribution is 2.32. The fourth-order valence-corrected chi connectivity index (χ4v) is 3.20. The molecule has 1 aromatic rings. The standard InChI is InChI=1S/C18H27ClN2O2/c1-13(2)21-17(22)8-10-23-18(15-6-4-9-20-12-15)14-5-3-7-16(19)11-14/h3,5,7,11,13,15,18,20H,4,6,8-10,12H2,1-2H3,(H,21,22)/t15?,18-/m0/s1. The molecule has 4 nitrogen and oxygen atoms in total. The van der Waals surface area contributed by atoms with Crippen LogP contribution in [0.5, 0.6) is 0 Å². The van der Waals surface area contributed by atoms with Crippen molar-refractivity contribution in [3.63, 3.8) is 0 Å². The van der Waals surface area contributed by atoms with E-state index in [-0.39, 0.29) is 18.1 Å². The van der Waals surface area contributed by atoms with Crippen molar-refractivity contribution in [2.45, 2.75) is 45.3 Å². The smallest absolute Gasteiger partial charge is 0.222 e. The molecular weight excluding hydrogens is 312 g/mol. The summed E-state index contributed by atoms with van der Waals surface area (Å²) in [5.74, 6) is 0.446. The van der Waals surface area contributed by atoms with Crippen LogP contribution in [0.3, 0.4) is 0 Å². The summed E-state index contributed by atoms with van der Waals surface area (Å²) in [4.78, 5) is 11.8. The van der Waals surface area contributed by atoms with Crippen LogP contribution in [0.15, 0.2) is 24.3 Å². The second-order valence-corrected chi connectivity index (χ2v) is 6.86. The molecule has 1 amide bonds. The predicted molar refractivity (Wildman–Crippen MR) is 93.6 cm³/mol. The molecule has 0 aliphatic carbocycles. The van der Waals surface area contributed by atoms with E-state index in [1.807, 2.05) is 32.0 Å². The molecule has 0 saturated carbocycles.